The largest absolute Gasteiger partial charge is 0.321 e. The summed E-state index contributed by atoms with van der Waals surface area (Å²) in [6.07, 6.45) is 0.0368. The van der Waals surface area contributed by atoms with E-state index >= 15 is 0 Å². The van der Waals surface area contributed by atoms with Crippen LogP contribution in [0, 0.1) is 12.8 Å². The number of aromatic nitrogens is 2. The number of anilines is 2. The molecule has 3 unspecified atom stereocenters. The molecular formula is C24H26ClN7O2. The standard InChI is InChI=1S/C24H26ClN7O2/c1-15-12-20(27-21(33)11-10-16-6-3-2-4-7-16)32(30-15)24-28-22-19(23(34)29-24)14-26-31(22)18-9-5-8-17(25)13-18/h2-9,12-13,19,22,24,26,28H,10-11,14H2,1H3,(H,27,33)(H,29,34). The number of nitrogens with zero attached hydrogens (tertiary/aromatic N) is 3. The fourth-order valence-electron chi connectivity index (χ4n) is 4.38. The third-order valence-corrected chi connectivity index (χ3v) is 6.26. The lowest BCUT2D eigenvalue weighted by Crippen LogP contribution is -2.61. The molecule has 2 fully saturated rings. The molecule has 1 aromatic heterocycles. The first kappa shape index (κ1) is 22.4. The number of benzene rings is 2. The van der Waals surface area contributed by atoms with Gasteiger partial charge in [0.15, 0.2) is 6.29 Å². The van der Waals surface area contributed by atoms with Crippen LogP contribution in [0.1, 0.15) is 24.0 Å². The van der Waals surface area contributed by atoms with Crippen LogP contribution in [0.5, 0.6) is 0 Å². The van der Waals surface area contributed by atoms with E-state index in [9.17, 15) is 9.59 Å². The summed E-state index contributed by atoms with van der Waals surface area (Å²) in [5.74, 6) is 0.0104. The summed E-state index contributed by atoms with van der Waals surface area (Å²) in [6.45, 7) is 2.34. The first-order valence-electron chi connectivity index (χ1n) is 11.2. The van der Waals surface area contributed by atoms with Gasteiger partial charge in [0.25, 0.3) is 0 Å². The number of fused-ring (bicyclic) bond motifs is 1. The first-order valence-corrected chi connectivity index (χ1v) is 11.6. The van der Waals surface area contributed by atoms with E-state index in [1.54, 1.807) is 10.7 Å². The van der Waals surface area contributed by atoms with E-state index in [0.29, 0.717) is 30.2 Å². The van der Waals surface area contributed by atoms with Crippen LogP contribution >= 0.6 is 11.6 Å². The van der Waals surface area contributed by atoms with Crippen molar-refractivity contribution in [1.82, 2.24) is 25.8 Å². The van der Waals surface area contributed by atoms with E-state index < -0.39 is 6.29 Å². The zero-order chi connectivity index (χ0) is 23.7. The lowest BCUT2D eigenvalue weighted by Gasteiger charge is -2.37. The van der Waals surface area contributed by atoms with E-state index in [-0.39, 0.29) is 23.9 Å². The quantitative estimate of drug-likeness (QED) is 0.433. The number of hydrogen-bond acceptors (Lipinski definition) is 6. The molecule has 2 aliphatic heterocycles. The molecule has 0 aliphatic carbocycles. The third kappa shape index (κ3) is 4.63. The fourth-order valence-corrected chi connectivity index (χ4v) is 4.57. The van der Waals surface area contributed by atoms with E-state index in [2.05, 4.69) is 26.5 Å². The van der Waals surface area contributed by atoms with Gasteiger partial charge in [0.1, 0.15) is 12.0 Å². The molecule has 10 heteroatoms. The van der Waals surface area contributed by atoms with Crippen LogP contribution in [0.4, 0.5) is 11.5 Å². The predicted octanol–water partition coefficient (Wildman–Crippen LogP) is 2.56. The zero-order valence-corrected chi connectivity index (χ0v) is 19.4. The average Bonchev–Trinajstić information content (AvgIpc) is 3.42. The zero-order valence-electron chi connectivity index (χ0n) is 18.7. The highest BCUT2D eigenvalue weighted by molar-refractivity contribution is 6.30. The van der Waals surface area contributed by atoms with Crippen LogP contribution in [-0.4, -0.2) is 34.3 Å². The number of aryl methyl sites for hydroxylation is 2. The highest BCUT2D eigenvalue weighted by Crippen LogP contribution is 2.29. The third-order valence-electron chi connectivity index (χ3n) is 6.03. The van der Waals surface area contributed by atoms with Crippen LogP contribution in [0.15, 0.2) is 60.7 Å². The van der Waals surface area contributed by atoms with E-state index in [1.807, 2.05) is 66.5 Å². The molecule has 9 nitrogen and oxygen atoms in total. The van der Waals surface area contributed by atoms with Crippen molar-refractivity contribution >= 4 is 34.9 Å². The summed E-state index contributed by atoms with van der Waals surface area (Å²) in [6, 6.07) is 19.1. The van der Waals surface area contributed by atoms with Gasteiger partial charge in [0.05, 0.1) is 17.3 Å². The molecule has 2 aliphatic rings. The highest BCUT2D eigenvalue weighted by atomic mass is 35.5. The lowest BCUT2D eigenvalue weighted by molar-refractivity contribution is -0.129. The summed E-state index contributed by atoms with van der Waals surface area (Å²) in [5, 5.41) is 16.4. The molecule has 2 aromatic carbocycles. The molecule has 0 spiro atoms. The van der Waals surface area contributed by atoms with E-state index in [0.717, 1.165) is 16.9 Å². The molecule has 0 saturated carbocycles. The number of nitrogens with one attached hydrogen (secondary N) is 4. The van der Waals surface area contributed by atoms with Crippen molar-refractivity contribution in [2.75, 3.05) is 16.9 Å². The summed E-state index contributed by atoms with van der Waals surface area (Å²) in [5.41, 5.74) is 5.97. The molecule has 5 rings (SSSR count). The highest BCUT2D eigenvalue weighted by Gasteiger charge is 2.45. The second-order valence-electron chi connectivity index (χ2n) is 8.49. The number of rotatable bonds is 6. The average molecular weight is 480 g/mol. The van der Waals surface area contributed by atoms with Crippen LogP contribution in [0.3, 0.4) is 0 Å². The van der Waals surface area contributed by atoms with Gasteiger partial charge in [-0.15, -0.1) is 0 Å². The monoisotopic (exact) mass is 479 g/mol. The van der Waals surface area contributed by atoms with Gasteiger partial charge in [-0.3, -0.25) is 19.9 Å². The number of carbonyl (C=O) groups is 2. The maximum atomic E-state index is 12.9. The van der Waals surface area contributed by atoms with Crippen molar-refractivity contribution in [3.8, 4) is 0 Å². The van der Waals surface area contributed by atoms with Crippen molar-refractivity contribution < 1.29 is 9.59 Å². The van der Waals surface area contributed by atoms with E-state index in [1.165, 1.54) is 0 Å². The molecule has 34 heavy (non-hydrogen) atoms. The molecule has 2 saturated heterocycles. The predicted molar refractivity (Wildman–Crippen MR) is 130 cm³/mol. The van der Waals surface area contributed by atoms with Gasteiger partial charge in [-0.25, -0.2) is 10.1 Å². The molecule has 176 valence electrons. The first-order chi connectivity index (χ1) is 16.5. The number of hydrogen-bond donors (Lipinski definition) is 4. The van der Waals surface area contributed by atoms with Crippen molar-refractivity contribution in [1.29, 1.82) is 0 Å². The normalized spacial score (nSPS) is 21.8. The van der Waals surface area contributed by atoms with E-state index in [4.69, 9.17) is 11.6 Å². The maximum absolute atomic E-state index is 12.9. The number of carbonyl (C=O) groups excluding carboxylic acids is 2. The lowest BCUT2D eigenvalue weighted by atomic mass is 10.0. The van der Waals surface area contributed by atoms with Crippen molar-refractivity contribution in [2.24, 2.45) is 5.92 Å². The second-order valence-corrected chi connectivity index (χ2v) is 8.93. The molecule has 0 radical (unpaired) electrons. The molecule has 3 atom stereocenters. The summed E-state index contributed by atoms with van der Waals surface area (Å²) in [7, 11) is 0. The van der Waals surface area contributed by atoms with Crippen LogP contribution in [0.25, 0.3) is 0 Å². The second kappa shape index (κ2) is 9.46. The molecule has 2 amide bonds. The molecule has 3 aromatic rings. The van der Waals surface area contributed by atoms with Gasteiger partial charge in [-0.05, 0) is 37.1 Å². The van der Waals surface area contributed by atoms with Crippen molar-refractivity contribution in [3.05, 3.63) is 76.9 Å². The number of hydrazine groups is 1. The maximum Gasteiger partial charge on any atom is 0.230 e. The SMILES string of the molecule is Cc1cc(NC(=O)CCc2ccccc2)n(C2NC(=O)C3CNN(c4cccc(Cl)c4)C3N2)n1. The van der Waals surface area contributed by atoms with Gasteiger partial charge >= 0.3 is 0 Å². The Morgan fingerprint density at radius 3 is 2.79 bits per heavy atom. The number of amides is 2. The minimum atomic E-state index is -0.631. The van der Waals surface area contributed by atoms with Gasteiger partial charge in [-0.2, -0.15) is 5.10 Å². The minimum Gasteiger partial charge on any atom is -0.321 e. The van der Waals surface area contributed by atoms with Crippen molar-refractivity contribution in [2.45, 2.75) is 32.2 Å². The van der Waals surface area contributed by atoms with Gasteiger partial charge < -0.3 is 10.6 Å². The summed E-state index contributed by atoms with van der Waals surface area (Å²) in [4.78, 5) is 25.6. The topological polar surface area (TPSA) is 103 Å². The van der Waals surface area contributed by atoms with Crippen LogP contribution < -0.4 is 26.4 Å². The molecule has 4 N–H and O–H groups in total. The Balaban J connectivity index is 1.32. The summed E-state index contributed by atoms with van der Waals surface area (Å²) >= 11 is 6.18. The Labute approximate surface area is 202 Å². The fraction of sp³-hybridized carbons (Fsp3) is 0.292. The summed E-state index contributed by atoms with van der Waals surface area (Å²) < 4.78 is 1.61. The smallest absolute Gasteiger partial charge is 0.230 e. The number of halogens is 1. The van der Waals surface area contributed by atoms with Crippen molar-refractivity contribution in [3.63, 3.8) is 0 Å². The Kier molecular flexibility index (Phi) is 6.23. The molecule has 0 bridgehead atoms. The minimum absolute atomic E-state index is 0.0970. The molecule has 3 heterocycles. The van der Waals surface area contributed by atoms with Crippen LogP contribution in [0.2, 0.25) is 5.02 Å². The Morgan fingerprint density at radius 1 is 1.18 bits per heavy atom. The van der Waals surface area contributed by atoms with Gasteiger partial charge in [0, 0.05) is 24.1 Å². The molecular weight excluding hydrogens is 454 g/mol. The van der Waals surface area contributed by atoms with Gasteiger partial charge in [-0.1, -0.05) is 48.0 Å². The Bertz CT molecular complexity index is 1200. The Morgan fingerprint density at radius 2 is 2.00 bits per heavy atom. The van der Waals surface area contributed by atoms with Gasteiger partial charge in [0.2, 0.25) is 11.8 Å². The Hall–Kier alpha value is -3.40. The van der Waals surface area contributed by atoms with Crippen LogP contribution in [-0.2, 0) is 16.0 Å².